The van der Waals surface area contributed by atoms with Crippen LogP contribution in [0.5, 0.6) is 0 Å². The van der Waals surface area contributed by atoms with Crippen molar-refractivity contribution in [3.63, 3.8) is 0 Å². The first-order valence-corrected chi connectivity index (χ1v) is 6.30. The van der Waals surface area contributed by atoms with Crippen LogP contribution in [0, 0.1) is 5.41 Å². The number of carbonyl (C=O) groups is 2. The van der Waals surface area contributed by atoms with Crippen LogP contribution >= 0.6 is 0 Å². The van der Waals surface area contributed by atoms with Crippen molar-refractivity contribution >= 4 is 11.9 Å². The molecule has 3 aliphatic rings. The molecule has 1 N–H and O–H groups in total. The van der Waals surface area contributed by atoms with Crippen LogP contribution in [0.2, 0.25) is 0 Å². The van der Waals surface area contributed by atoms with Gasteiger partial charge in [0.25, 0.3) is 0 Å². The molecule has 1 aliphatic heterocycles. The second kappa shape index (κ2) is 3.47. The molecule has 4 heteroatoms. The molecule has 0 bridgehead atoms. The molecule has 16 heavy (non-hydrogen) atoms. The lowest BCUT2D eigenvalue weighted by Gasteiger charge is -2.40. The van der Waals surface area contributed by atoms with Crippen LogP contribution in [-0.2, 0) is 4.79 Å². The smallest absolute Gasteiger partial charge is 0.324 e. The lowest BCUT2D eigenvalue weighted by molar-refractivity contribution is -0.134. The van der Waals surface area contributed by atoms with E-state index >= 15 is 0 Å². The Morgan fingerprint density at radius 1 is 1.19 bits per heavy atom. The van der Waals surface area contributed by atoms with Crippen molar-refractivity contribution in [1.82, 2.24) is 10.2 Å². The third kappa shape index (κ3) is 1.43. The summed E-state index contributed by atoms with van der Waals surface area (Å²) in [6, 6.07) is 0.0289. The van der Waals surface area contributed by atoms with Crippen molar-refractivity contribution in [3.8, 4) is 0 Å². The molecule has 1 saturated heterocycles. The molecule has 0 aromatic rings. The Bertz CT molecular complexity index is 332. The molecule has 0 unspecified atom stereocenters. The van der Waals surface area contributed by atoms with Crippen molar-refractivity contribution in [2.45, 2.75) is 51.0 Å². The van der Waals surface area contributed by atoms with Gasteiger partial charge in [-0.2, -0.15) is 0 Å². The van der Waals surface area contributed by atoms with Crippen molar-refractivity contribution in [1.29, 1.82) is 0 Å². The molecular formula is C12H18N2O2. The SMILES string of the molecule is O=C1CC2(CCC2)CNC(=O)N1C1CCC1. The second-order valence-corrected chi connectivity index (χ2v) is 5.54. The van der Waals surface area contributed by atoms with Gasteiger partial charge in [0, 0.05) is 19.0 Å². The molecule has 1 heterocycles. The molecule has 0 aromatic carbocycles. The zero-order valence-electron chi connectivity index (χ0n) is 9.50. The summed E-state index contributed by atoms with van der Waals surface area (Å²) in [5.74, 6) is 0.0550. The van der Waals surface area contributed by atoms with E-state index in [0.29, 0.717) is 13.0 Å². The van der Waals surface area contributed by atoms with E-state index in [1.807, 2.05) is 0 Å². The van der Waals surface area contributed by atoms with Crippen LogP contribution in [-0.4, -0.2) is 29.4 Å². The number of rotatable bonds is 1. The zero-order chi connectivity index (χ0) is 11.2. The predicted octanol–water partition coefficient (Wildman–Crippen LogP) is 1.65. The normalized spacial score (nSPS) is 29.4. The fourth-order valence-electron chi connectivity index (χ4n) is 2.97. The van der Waals surface area contributed by atoms with E-state index < -0.39 is 0 Å². The van der Waals surface area contributed by atoms with Crippen LogP contribution < -0.4 is 5.32 Å². The summed E-state index contributed by atoms with van der Waals surface area (Å²) in [5.41, 5.74) is 0.102. The minimum atomic E-state index is -0.154. The van der Waals surface area contributed by atoms with Gasteiger partial charge in [0.1, 0.15) is 0 Å². The average Bonchev–Trinajstić information content (AvgIpc) is 2.24. The zero-order valence-corrected chi connectivity index (χ0v) is 9.50. The summed E-state index contributed by atoms with van der Waals surface area (Å²) >= 11 is 0. The van der Waals surface area contributed by atoms with E-state index in [1.54, 1.807) is 0 Å². The minimum absolute atomic E-state index is 0.0550. The number of urea groups is 1. The number of nitrogens with one attached hydrogen (secondary N) is 1. The molecular weight excluding hydrogens is 204 g/mol. The second-order valence-electron chi connectivity index (χ2n) is 5.54. The highest BCUT2D eigenvalue weighted by atomic mass is 16.2. The van der Waals surface area contributed by atoms with Crippen LogP contribution in [0.4, 0.5) is 4.79 Å². The van der Waals surface area contributed by atoms with Gasteiger partial charge in [-0.05, 0) is 37.5 Å². The van der Waals surface area contributed by atoms with Gasteiger partial charge in [0.2, 0.25) is 5.91 Å². The van der Waals surface area contributed by atoms with Crippen LogP contribution in [0.15, 0.2) is 0 Å². The van der Waals surface area contributed by atoms with Crippen LogP contribution in [0.25, 0.3) is 0 Å². The van der Waals surface area contributed by atoms with E-state index in [1.165, 1.54) is 11.3 Å². The van der Waals surface area contributed by atoms with Gasteiger partial charge in [-0.25, -0.2) is 4.79 Å². The third-order valence-corrected chi connectivity index (χ3v) is 4.48. The van der Waals surface area contributed by atoms with Crippen LogP contribution in [0.1, 0.15) is 44.9 Å². The first-order valence-electron chi connectivity index (χ1n) is 6.30. The van der Waals surface area contributed by atoms with Crippen molar-refractivity contribution in [3.05, 3.63) is 0 Å². The Balaban J connectivity index is 1.78. The number of hydrogen-bond acceptors (Lipinski definition) is 2. The largest absolute Gasteiger partial charge is 0.337 e. The summed E-state index contributed by atoms with van der Waals surface area (Å²) in [4.78, 5) is 25.5. The molecule has 2 saturated carbocycles. The number of carbonyl (C=O) groups excluding carboxylic acids is 2. The van der Waals surface area contributed by atoms with Crippen molar-refractivity contribution in [2.75, 3.05) is 6.54 Å². The van der Waals surface area contributed by atoms with Crippen LogP contribution in [0.3, 0.4) is 0 Å². The van der Waals surface area contributed by atoms with Gasteiger partial charge in [0.15, 0.2) is 0 Å². The minimum Gasteiger partial charge on any atom is -0.337 e. The molecule has 1 spiro atoms. The van der Waals surface area contributed by atoms with E-state index in [2.05, 4.69) is 5.32 Å². The quantitative estimate of drug-likeness (QED) is 0.733. The fourth-order valence-corrected chi connectivity index (χ4v) is 2.97. The van der Waals surface area contributed by atoms with Gasteiger partial charge < -0.3 is 5.32 Å². The Morgan fingerprint density at radius 3 is 2.44 bits per heavy atom. The highest BCUT2D eigenvalue weighted by Gasteiger charge is 2.45. The standard InChI is InChI=1S/C12H18N2O2/c15-10-7-12(5-2-6-12)8-13-11(16)14(10)9-3-1-4-9/h9H,1-8H2,(H,13,16). The van der Waals surface area contributed by atoms with Gasteiger partial charge in [-0.1, -0.05) is 6.42 Å². The monoisotopic (exact) mass is 222 g/mol. The van der Waals surface area contributed by atoms with E-state index in [0.717, 1.165) is 32.1 Å². The first-order chi connectivity index (χ1) is 7.70. The molecule has 3 amide bonds. The van der Waals surface area contributed by atoms with Gasteiger partial charge in [0.05, 0.1) is 0 Å². The molecule has 2 aliphatic carbocycles. The van der Waals surface area contributed by atoms with Gasteiger partial charge in [-0.3, -0.25) is 9.69 Å². The molecule has 3 rings (SSSR count). The Hall–Kier alpha value is -1.06. The molecule has 88 valence electrons. The van der Waals surface area contributed by atoms with E-state index in [9.17, 15) is 9.59 Å². The molecule has 3 fully saturated rings. The maximum Gasteiger partial charge on any atom is 0.324 e. The third-order valence-electron chi connectivity index (χ3n) is 4.48. The van der Waals surface area contributed by atoms with Crippen molar-refractivity contribution in [2.24, 2.45) is 5.41 Å². The van der Waals surface area contributed by atoms with Gasteiger partial charge in [-0.15, -0.1) is 0 Å². The Labute approximate surface area is 95.4 Å². The summed E-state index contributed by atoms with van der Waals surface area (Å²) in [5, 5.41) is 2.93. The lowest BCUT2D eigenvalue weighted by atomic mass is 9.66. The van der Waals surface area contributed by atoms with Crippen molar-refractivity contribution < 1.29 is 9.59 Å². The maximum atomic E-state index is 12.1. The summed E-state index contributed by atoms with van der Waals surface area (Å²) in [6.07, 6.45) is 7.09. The highest BCUT2D eigenvalue weighted by Crippen LogP contribution is 2.45. The summed E-state index contributed by atoms with van der Waals surface area (Å²) < 4.78 is 0. The summed E-state index contributed by atoms with van der Waals surface area (Å²) in [7, 11) is 0. The number of imide groups is 1. The average molecular weight is 222 g/mol. The fraction of sp³-hybridized carbons (Fsp3) is 0.833. The predicted molar refractivity (Wildman–Crippen MR) is 58.8 cm³/mol. The summed E-state index contributed by atoms with van der Waals surface area (Å²) in [6.45, 7) is 0.695. The number of hydrogen-bond donors (Lipinski definition) is 1. The molecule has 4 nitrogen and oxygen atoms in total. The van der Waals surface area contributed by atoms with E-state index in [-0.39, 0.29) is 23.4 Å². The topological polar surface area (TPSA) is 49.4 Å². The van der Waals surface area contributed by atoms with Gasteiger partial charge >= 0.3 is 6.03 Å². The number of nitrogens with zero attached hydrogens (tertiary/aromatic N) is 1. The lowest BCUT2D eigenvalue weighted by Crippen LogP contribution is -2.50. The molecule has 0 aromatic heterocycles. The Kier molecular flexibility index (Phi) is 2.19. The highest BCUT2D eigenvalue weighted by molar-refractivity contribution is 5.96. The first kappa shape index (κ1) is 10.1. The molecule has 0 radical (unpaired) electrons. The van der Waals surface area contributed by atoms with E-state index in [4.69, 9.17) is 0 Å². The number of amides is 3. The maximum absolute atomic E-state index is 12.1. The Morgan fingerprint density at radius 2 is 1.94 bits per heavy atom. The molecule has 0 atom stereocenters.